The van der Waals surface area contributed by atoms with Gasteiger partial charge in [0.15, 0.2) is 5.82 Å². The predicted molar refractivity (Wildman–Crippen MR) is 103 cm³/mol. The van der Waals surface area contributed by atoms with Gasteiger partial charge in [0.2, 0.25) is 0 Å². The van der Waals surface area contributed by atoms with Gasteiger partial charge in [-0.15, -0.1) is 0 Å². The van der Waals surface area contributed by atoms with E-state index in [1.165, 1.54) is 23.5 Å². The molecule has 0 N–H and O–H groups in total. The van der Waals surface area contributed by atoms with Crippen LogP contribution in [0.3, 0.4) is 0 Å². The van der Waals surface area contributed by atoms with Gasteiger partial charge >= 0.3 is 0 Å². The molecule has 0 spiro atoms. The number of rotatable bonds is 4. The van der Waals surface area contributed by atoms with Crippen LogP contribution in [0.5, 0.6) is 5.19 Å². The molecule has 0 saturated carbocycles. The van der Waals surface area contributed by atoms with Crippen LogP contribution < -0.4 is 4.74 Å². The minimum Gasteiger partial charge on any atom is -0.473 e. The van der Waals surface area contributed by atoms with Crippen molar-refractivity contribution in [3.8, 4) is 38.4 Å². The first-order valence-electron chi connectivity index (χ1n) is 8.22. The lowest BCUT2D eigenvalue weighted by atomic mass is 10.1. The van der Waals surface area contributed by atoms with Gasteiger partial charge < -0.3 is 4.74 Å². The Bertz CT molecular complexity index is 1100. The van der Waals surface area contributed by atoms with E-state index >= 15 is 0 Å². The minimum absolute atomic E-state index is 0.288. The Morgan fingerprint density at radius 2 is 1.78 bits per heavy atom. The smallest absolute Gasteiger partial charge is 0.273 e. The van der Waals surface area contributed by atoms with E-state index in [1.807, 2.05) is 25.1 Å². The van der Waals surface area contributed by atoms with Gasteiger partial charge in [0.1, 0.15) is 5.82 Å². The molecule has 0 atom stereocenters. The Kier molecular flexibility index (Phi) is 4.60. The first-order valence-corrected chi connectivity index (χ1v) is 9.03. The van der Waals surface area contributed by atoms with Crippen molar-refractivity contribution in [2.45, 2.75) is 6.92 Å². The molecule has 3 heterocycles. The third-order valence-electron chi connectivity index (χ3n) is 4.01. The summed E-state index contributed by atoms with van der Waals surface area (Å²) in [6, 6.07) is 11.8. The highest BCUT2D eigenvalue weighted by atomic mass is 32.1. The largest absolute Gasteiger partial charge is 0.473 e. The molecule has 0 aliphatic carbocycles. The van der Waals surface area contributed by atoms with E-state index in [2.05, 4.69) is 15.0 Å². The molecule has 3 aromatic heterocycles. The SMILES string of the molecule is COc1nc(C)c(-c2ccnc(-c3cccnc3-c3ccc(F)cc3)n2)s1. The number of hydrogen-bond donors (Lipinski definition) is 0. The number of ether oxygens (including phenoxy) is 1. The van der Waals surface area contributed by atoms with E-state index in [-0.39, 0.29) is 5.82 Å². The van der Waals surface area contributed by atoms with Gasteiger partial charge in [-0.3, -0.25) is 4.98 Å². The van der Waals surface area contributed by atoms with Crippen LogP contribution in [0.15, 0.2) is 54.9 Å². The van der Waals surface area contributed by atoms with Gasteiger partial charge in [0.25, 0.3) is 5.19 Å². The van der Waals surface area contributed by atoms with E-state index in [9.17, 15) is 4.39 Å². The van der Waals surface area contributed by atoms with Crippen molar-refractivity contribution in [1.82, 2.24) is 19.9 Å². The summed E-state index contributed by atoms with van der Waals surface area (Å²) in [6.45, 7) is 1.92. The average molecular weight is 378 g/mol. The molecule has 0 aliphatic heterocycles. The Balaban J connectivity index is 1.81. The standard InChI is InChI=1S/C20H15FN4OS/c1-12-18(27-20(24-12)26-2)16-9-11-23-19(25-16)15-4-3-10-22-17(15)13-5-7-14(21)8-6-13/h3-11H,1-2H3. The first-order chi connectivity index (χ1) is 13.2. The average Bonchev–Trinajstić information content (AvgIpc) is 3.10. The molecule has 0 bridgehead atoms. The van der Waals surface area contributed by atoms with Crippen LogP contribution in [0.4, 0.5) is 4.39 Å². The van der Waals surface area contributed by atoms with E-state index < -0.39 is 0 Å². The van der Waals surface area contributed by atoms with Crippen LogP contribution in [0, 0.1) is 12.7 Å². The van der Waals surface area contributed by atoms with Crippen molar-refractivity contribution in [3.63, 3.8) is 0 Å². The summed E-state index contributed by atoms with van der Waals surface area (Å²) in [7, 11) is 1.60. The van der Waals surface area contributed by atoms with Crippen molar-refractivity contribution in [2.24, 2.45) is 0 Å². The van der Waals surface area contributed by atoms with Gasteiger partial charge in [-0.05, 0) is 49.4 Å². The summed E-state index contributed by atoms with van der Waals surface area (Å²) in [6.07, 6.45) is 3.41. The number of hydrogen-bond acceptors (Lipinski definition) is 6. The summed E-state index contributed by atoms with van der Waals surface area (Å²) in [5.41, 5.74) is 3.91. The fourth-order valence-corrected chi connectivity index (χ4v) is 3.59. The highest BCUT2D eigenvalue weighted by molar-refractivity contribution is 7.17. The molecule has 134 valence electrons. The molecule has 1 aromatic carbocycles. The van der Waals surface area contributed by atoms with Crippen molar-refractivity contribution in [3.05, 3.63) is 66.4 Å². The molecular formula is C20H15FN4OS. The molecule has 0 radical (unpaired) electrons. The predicted octanol–water partition coefficient (Wildman–Crippen LogP) is 4.79. The van der Waals surface area contributed by atoms with Crippen LogP contribution in [-0.2, 0) is 0 Å². The van der Waals surface area contributed by atoms with Crippen LogP contribution in [0.25, 0.3) is 33.2 Å². The number of aryl methyl sites for hydroxylation is 1. The van der Waals surface area contributed by atoms with Gasteiger partial charge in [0, 0.05) is 23.5 Å². The summed E-state index contributed by atoms with van der Waals surface area (Å²) in [5, 5.41) is 0.594. The second-order valence-corrected chi connectivity index (χ2v) is 6.73. The van der Waals surface area contributed by atoms with E-state index in [0.29, 0.717) is 16.7 Å². The van der Waals surface area contributed by atoms with Crippen LogP contribution in [0.1, 0.15) is 5.69 Å². The second kappa shape index (κ2) is 7.20. The lowest BCUT2D eigenvalue weighted by Gasteiger charge is -2.08. The van der Waals surface area contributed by atoms with Crippen molar-refractivity contribution in [2.75, 3.05) is 7.11 Å². The van der Waals surface area contributed by atoms with Gasteiger partial charge in [-0.25, -0.2) is 19.3 Å². The lowest BCUT2D eigenvalue weighted by molar-refractivity contribution is 0.411. The summed E-state index contributed by atoms with van der Waals surface area (Å²) in [5.74, 6) is 0.260. The van der Waals surface area contributed by atoms with E-state index in [0.717, 1.165) is 27.4 Å². The topological polar surface area (TPSA) is 60.8 Å². The molecule has 0 aliphatic rings. The van der Waals surface area contributed by atoms with Gasteiger partial charge in [0.05, 0.1) is 29.1 Å². The van der Waals surface area contributed by atoms with E-state index in [1.54, 1.807) is 31.6 Å². The van der Waals surface area contributed by atoms with Crippen molar-refractivity contribution in [1.29, 1.82) is 0 Å². The Morgan fingerprint density at radius 1 is 0.963 bits per heavy atom. The molecule has 4 rings (SSSR count). The highest BCUT2D eigenvalue weighted by Gasteiger charge is 2.15. The molecular weight excluding hydrogens is 363 g/mol. The molecule has 7 heteroatoms. The molecule has 5 nitrogen and oxygen atoms in total. The lowest BCUT2D eigenvalue weighted by Crippen LogP contribution is -1.95. The molecule has 27 heavy (non-hydrogen) atoms. The maximum absolute atomic E-state index is 13.3. The molecule has 0 fully saturated rings. The maximum Gasteiger partial charge on any atom is 0.273 e. The normalized spacial score (nSPS) is 10.8. The second-order valence-electron chi connectivity index (χ2n) is 5.77. The van der Waals surface area contributed by atoms with Crippen molar-refractivity contribution < 1.29 is 9.13 Å². The molecule has 0 amide bonds. The number of methoxy groups -OCH3 is 1. The zero-order valence-corrected chi connectivity index (χ0v) is 15.5. The summed E-state index contributed by atoms with van der Waals surface area (Å²) < 4.78 is 18.5. The highest BCUT2D eigenvalue weighted by Crippen LogP contribution is 2.34. The maximum atomic E-state index is 13.3. The number of pyridine rings is 1. The minimum atomic E-state index is -0.288. The van der Waals surface area contributed by atoms with Crippen molar-refractivity contribution >= 4 is 11.3 Å². The summed E-state index contributed by atoms with van der Waals surface area (Å²) in [4.78, 5) is 18.9. The number of thiazole rings is 1. The zero-order chi connectivity index (χ0) is 18.8. The number of benzene rings is 1. The zero-order valence-electron chi connectivity index (χ0n) is 14.7. The van der Waals surface area contributed by atoms with Gasteiger partial charge in [-0.1, -0.05) is 11.3 Å². The third-order valence-corrected chi connectivity index (χ3v) is 5.15. The first kappa shape index (κ1) is 17.2. The van der Waals surface area contributed by atoms with E-state index in [4.69, 9.17) is 9.72 Å². The monoisotopic (exact) mass is 378 g/mol. The fourth-order valence-electron chi connectivity index (χ4n) is 2.74. The number of aromatic nitrogens is 4. The Morgan fingerprint density at radius 3 is 2.52 bits per heavy atom. The quantitative estimate of drug-likeness (QED) is 0.511. The Hall–Kier alpha value is -3.19. The number of nitrogens with zero attached hydrogens (tertiary/aromatic N) is 4. The van der Waals surface area contributed by atoms with Crippen LogP contribution in [0.2, 0.25) is 0 Å². The summed E-state index contributed by atoms with van der Waals surface area (Å²) >= 11 is 1.44. The number of halogens is 1. The molecule has 4 aromatic rings. The Labute approximate surface area is 159 Å². The fraction of sp³-hybridized carbons (Fsp3) is 0.100. The molecule has 0 saturated heterocycles. The van der Waals surface area contributed by atoms with Crippen LogP contribution in [-0.4, -0.2) is 27.0 Å². The third kappa shape index (κ3) is 3.41. The molecule has 0 unspecified atom stereocenters. The van der Waals surface area contributed by atoms with Crippen LogP contribution >= 0.6 is 11.3 Å². The van der Waals surface area contributed by atoms with Gasteiger partial charge in [-0.2, -0.15) is 0 Å².